The Bertz CT molecular complexity index is 5520. The molecule has 12 aromatic carbocycles. The Labute approximate surface area is 572 Å². The first-order valence-corrected chi connectivity index (χ1v) is 35.3. The number of benzene rings is 12. The highest BCUT2D eigenvalue weighted by Gasteiger charge is 2.45. The van der Waals surface area contributed by atoms with Crippen LogP contribution in [0.2, 0.25) is 0 Å². The molecule has 5 heteroatoms. The van der Waals surface area contributed by atoms with Gasteiger partial charge in [-0.3, -0.25) is 0 Å². The molecule has 0 radical (unpaired) electrons. The normalized spacial score (nSPS) is 16.3. The molecule has 18 rings (SSSR count). The van der Waals surface area contributed by atoms with Gasteiger partial charge in [0, 0.05) is 61.4 Å². The SMILES string of the molecule is CC(C)(C)c1ccc2c(c1)c1ccccc1n2-c1ccc2c(c1)N(c1ccc(-c3ccc4c(c3)C(C)(C)CCC4(C)C)cc1)c1cc(-n3c4ccccc4c4ccccc43)cc3c1B2c1ccc(-c2ccccc2)cc1N3c1ccc(-c2ccc3c(c2)C(C)(C)CCC3(C)C)cc1. The second kappa shape index (κ2) is 21.2. The molecule has 2 aromatic heterocycles. The highest BCUT2D eigenvalue weighted by molar-refractivity contribution is 7.00. The predicted octanol–water partition coefficient (Wildman–Crippen LogP) is 23.0. The first kappa shape index (κ1) is 59.4. The fourth-order valence-corrected chi connectivity index (χ4v) is 17.7. The molecule has 4 aliphatic rings. The molecule has 2 aliphatic heterocycles. The van der Waals surface area contributed by atoms with E-state index in [0.29, 0.717) is 0 Å². The molecule has 2 aliphatic carbocycles. The topological polar surface area (TPSA) is 16.3 Å². The summed E-state index contributed by atoms with van der Waals surface area (Å²) in [6, 6.07) is 98.6. The van der Waals surface area contributed by atoms with Gasteiger partial charge in [-0.2, -0.15) is 0 Å². The third-order valence-corrected chi connectivity index (χ3v) is 23.4. The number of rotatable bonds is 7. The van der Waals surface area contributed by atoms with E-state index in [-0.39, 0.29) is 33.8 Å². The van der Waals surface area contributed by atoms with Crippen molar-refractivity contribution in [1.29, 1.82) is 0 Å². The van der Waals surface area contributed by atoms with Gasteiger partial charge in [-0.25, -0.2) is 0 Å². The van der Waals surface area contributed by atoms with E-state index in [1.54, 1.807) is 0 Å². The zero-order chi connectivity index (χ0) is 66.2. The van der Waals surface area contributed by atoms with Crippen molar-refractivity contribution in [3.8, 4) is 44.8 Å². The first-order valence-electron chi connectivity index (χ1n) is 35.3. The first-order chi connectivity index (χ1) is 46.7. The van der Waals surface area contributed by atoms with Crippen LogP contribution >= 0.6 is 0 Å². The summed E-state index contributed by atoms with van der Waals surface area (Å²) in [4.78, 5) is 5.24. The van der Waals surface area contributed by atoms with Gasteiger partial charge in [0.05, 0.1) is 27.8 Å². The van der Waals surface area contributed by atoms with E-state index in [1.165, 1.54) is 153 Å². The lowest BCUT2D eigenvalue weighted by molar-refractivity contribution is 0.332. The van der Waals surface area contributed by atoms with Crippen LogP contribution in [0.5, 0.6) is 0 Å². The molecule has 0 fully saturated rings. The maximum absolute atomic E-state index is 2.63. The molecule has 97 heavy (non-hydrogen) atoms. The van der Waals surface area contributed by atoms with Gasteiger partial charge in [-0.15, -0.1) is 0 Å². The van der Waals surface area contributed by atoms with Gasteiger partial charge in [0.2, 0.25) is 0 Å². The Morgan fingerprint density at radius 1 is 0.289 bits per heavy atom. The van der Waals surface area contributed by atoms with Crippen LogP contribution in [-0.4, -0.2) is 15.8 Å². The molecular weight excluding hydrogens is 1170 g/mol. The Balaban J connectivity index is 0.910. The standard InChI is InChI=1S/C92H83BN4/c1-88(2,3)64-36-46-82-72(54-64)71-25-17-20-28-81(71)96(82)67-41-45-78-84(55-67)95(66-39-31-60(32-40-66)62-34-43-74-76(52-62)92(10,11)50-48-90(74,6)7)86-57-68(97-79-26-18-15-23-69(79)70-24-16-19-27-80(70)97)56-85-87(86)93(78)77-44-35-63(58-21-13-12-14-22-58)53-83(77)94(85)65-37-29-59(30-38-65)61-33-42-73-75(51-61)91(8,9)49-47-89(73,4)5/h12-46,51-57H,47-50H2,1-11H3. The van der Waals surface area contributed by atoms with Crippen LogP contribution < -0.4 is 26.2 Å². The molecule has 0 bridgehead atoms. The Kier molecular flexibility index (Phi) is 13.0. The van der Waals surface area contributed by atoms with Crippen molar-refractivity contribution < 1.29 is 0 Å². The van der Waals surface area contributed by atoms with Crippen molar-refractivity contribution in [3.05, 3.63) is 283 Å². The van der Waals surface area contributed by atoms with Gasteiger partial charge in [0.1, 0.15) is 0 Å². The van der Waals surface area contributed by atoms with E-state index in [9.17, 15) is 0 Å². The zero-order valence-corrected chi connectivity index (χ0v) is 57.9. The van der Waals surface area contributed by atoms with E-state index in [2.05, 4.69) is 350 Å². The van der Waals surface area contributed by atoms with E-state index < -0.39 is 0 Å². The number of hydrogen-bond acceptors (Lipinski definition) is 2. The molecule has 0 saturated heterocycles. The number of para-hydroxylation sites is 3. The van der Waals surface area contributed by atoms with Crippen molar-refractivity contribution in [3.63, 3.8) is 0 Å². The molecule has 4 nitrogen and oxygen atoms in total. The van der Waals surface area contributed by atoms with E-state index >= 15 is 0 Å². The maximum Gasteiger partial charge on any atom is 0.252 e. The molecule has 0 atom stereocenters. The van der Waals surface area contributed by atoms with Crippen LogP contribution in [0, 0.1) is 0 Å². The summed E-state index contributed by atoms with van der Waals surface area (Å²) >= 11 is 0. The molecule has 0 unspecified atom stereocenters. The van der Waals surface area contributed by atoms with Crippen LogP contribution in [0.15, 0.2) is 255 Å². The third-order valence-electron chi connectivity index (χ3n) is 23.4. The lowest BCUT2D eigenvalue weighted by Gasteiger charge is -2.44. The molecule has 0 N–H and O–H groups in total. The predicted molar refractivity (Wildman–Crippen MR) is 415 cm³/mol. The quantitative estimate of drug-likeness (QED) is 0.148. The average molecular weight is 1260 g/mol. The minimum absolute atomic E-state index is 0.00853. The van der Waals surface area contributed by atoms with Gasteiger partial charge < -0.3 is 18.9 Å². The van der Waals surface area contributed by atoms with Gasteiger partial charge in [-0.05, 0) is 215 Å². The largest absolute Gasteiger partial charge is 0.311 e. The van der Waals surface area contributed by atoms with Crippen molar-refractivity contribution >= 4 is 101 Å². The van der Waals surface area contributed by atoms with Gasteiger partial charge in [0.25, 0.3) is 6.71 Å². The van der Waals surface area contributed by atoms with Crippen molar-refractivity contribution in [2.24, 2.45) is 0 Å². The maximum atomic E-state index is 2.63. The zero-order valence-electron chi connectivity index (χ0n) is 57.9. The molecular formula is C92H83BN4. The highest BCUT2D eigenvalue weighted by Crippen LogP contribution is 2.52. The summed E-state index contributed by atoms with van der Waals surface area (Å²) < 4.78 is 5.05. The summed E-state index contributed by atoms with van der Waals surface area (Å²) in [5.41, 5.74) is 32.7. The fraction of sp³-hybridized carbons (Fsp3) is 0.217. The molecule has 4 heterocycles. The number of hydrogen-bond donors (Lipinski definition) is 0. The van der Waals surface area contributed by atoms with Gasteiger partial charge in [-0.1, -0.05) is 246 Å². The smallest absolute Gasteiger partial charge is 0.252 e. The molecule has 14 aromatic rings. The Morgan fingerprint density at radius 3 is 1.16 bits per heavy atom. The summed E-state index contributed by atoms with van der Waals surface area (Å²) in [6.07, 6.45) is 4.73. The molecule has 0 spiro atoms. The summed E-state index contributed by atoms with van der Waals surface area (Å²) in [5, 5.41) is 5.00. The highest BCUT2D eigenvalue weighted by atomic mass is 15.2. The monoisotopic (exact) mass is 1250 g/mol. The van der Waals surface area contributed by atoms with Gasteiger partial charge >= 0.3 is 0 Å². The number of aromatic nitrogens is 2. The van der Waals surface area contributed by atoms with Crippen LogP contribution in [0.1, 0.15) is 130 Å². The second-order valence-corrected chi connectivity index (χ2v) is 32.2. The fourth-order valence-electron chi connectivity index (χ4n) is 17.7. The number of nitrogens with zero attached hydrogens (tertiary/aromatic N) is 4. The Morgan fingerprint density at radius 2 is 0.660 bits per heavy atom. The lowest BCUT2D eigenvalue weighted by atomic mass is 9.33. The van der Waals surface area contributed by atoms with E-state index in [0.717, 1.165) is 39.8 Å². The summed E-state index contributed by atoms with van der Waals surface area (Å²) in [5.74, 6) is 0. The number of anilines is 6. The third kappa shape index (κ3) is 9.23. The van der Waals surface area contributed by atoms with Crippen LogP contribution in [0.25, 0.3) is 88.4 Å². The second-order valence-electron chi connectivity index (χ2n) is 32.2. The summed E-state index contributed by atoms with van der Waals surface area (Å²) in [7, 11) is 0. The lowest BCUT2D eigenvalue weighted by Crippen LogP contribution is -2.61. The van der Waals surface area contributed by atoms with Crippen LogP contribution in [-0.2, 0) is 27.1 Å². The van der Waals surface area contributed by atoms with E-state index in [4.69, 9.17) is 0 Å². The minimum atomic E-state index is -0.134. The molecule has 0 saturated carbocycles. The van der Waals surface area contributed by atoms with Gasteiger partial charge in [0.15, 0.2) is 0 Å². The minimum Gasteiger partial charge on any atom is -0.311 e. The number of fused-ring (bicyclic) bond motifs is 12. The van der Waals surface area contributed by atoms with Crippen LogP contribution in [0.3, 0.4) is 0 Å². The van der Waals surface area contributed by atoms with Crippen LogP contribution in [0.4, 0.5) is 34.1 Å². The Hall–Kier alpha value is -10.1. The van der Waals surface area contributed by atoms with Crippen molar-refractivity contribution in [2.75, 3.05) is 9.80 Å². The molecule has 0 amide bonds. The molecule has 474 valence electrons. The summed E-state index contributed by atoms with van der Waals surface area (Å²) in [6.45, 7) is 26.3. The van der Waals surface area contributed by atoms with Crippen molar-refractivity contribution in [2.45, 2.75) is 129 Å². The van der Waals surface area contributed by atoms with Crippen molar-refractivity contribution in [1.82, 2.24) is 9.13 Å². The average Bonchev–Trinajstić information content (AvgIpc) is 0.861. The van der Waals surface area contributed by atoms with E-state index in [1.807, 2.05) is 0 Å².